The average Bonchev–Trinajstić information content (AvgIpc) is 2.53. The van der Waals surface area contributed by atoms with Crippen molar-refractivity contribution in [3.05, 3.63) is 57.6 Å². The number of hydrogen-bond donors (Lipinski definition) is 1. The molecule has 0 radical (unpaired) electrons. The number of aryl methyl sites for hydroxylation is 1. The molecule has 0 saturated carbocycles. The van der Waals surface area contributed by atoms with Crippen LogP contribution in [0.15, 0.2) is 41.3 Å². The lowest BCUT2D eigenvalue weighted by atomic mass is 10.2. The number of carbonyl (C=O) groups excluding carboxylic acids is 1. The lowest BCUT2D eigenvalue weighted by Crippen LogP contribution is -2.15. The minimum Gasteiger partial charge on any atom is -0.323 e. The Morgan fingerprint density at radius 1 is 1.21 bits per heavy atom. The molecule has 0 heterocycles. The van der Waals surface area contributed by atoms with Crippen molar-refractivity contribution in [2.45, 2.75) is 18.0 Å². The zero-order chi connectivity index (χ0) is 17.9. The Kier molecular flexibility index (Phi) is 6.06. The molecule has 24 heavy (non-hydrogen) atoms. The van der Waals surface area contributed by atoms with Gasteiger partial charge in [-0.1, -0.05) is 35.3 Å². The number of nitrogens with one attached hydrogen (secondary N) is 1. The van der Waals surface area contributed by atoms with Crippen LogP contribution >= 0.6 is 35.0 Å². The van der Waals surface area contributed by atoms with Gasteiger partial charge in [0, 0.05) is 4.90 Å². The molecule has 2 rings (SSSR count). The van der Waals surface area contributed by atoms with Crippen LogP contribution in [0, 0.1) is 6.92 Å². The quantitative estimate of drug-likeness (QED) is 0.640. The minimum atomic E-state index is -4.42. The van der Waals surface area contributed by atoms with E-state index in [9.17, 15) is 18.0 Å². The van der Waals surface area contributed by atoms with Crippen LogP contribution in [0.5, 0.6) is 0 Å². The number of benzene rings is 2. The van der Waals surface area contributed by atoms with Gasteiger partial charge in [-0.2, -0.15) is 13.2 Å². The molecule has 2 nitrogen and oxygen atoms in total. The Labute approximate surface area is 151 Å². The van der Waals surface area contributed by atoms with E-state index >= 15 is 0 Å². The first-order valence-electron chi connectivity index (χ1n) is 6.73. The van der Waals surface area contributed by atoms with Crippen molar-refractivity contribution < 1.29 is 18.0 Å². The highest BCUT2D eigenvalue weighted by Crippen LogP contribution is 2.34. The molecule has 0 aliphatic heterocycles. The van der Waals surface area contributed by atoms with Gasteiger partial charge in [-0.25, -0.2) is 0 Å². The van der Waals surface area contributed by atoms with Gasteiger partial charge in [0.25, 0.3) is 0 Å². The van der Waals surface area contributed by atoms with E-state index in [2.05, 4.69) is 5.32 Å². The Hall–Kier alpha value is -1.37. The fourth-order valence-electron chi connectivity index (χ4n) is 1.86. The maximum atomic E-state index is 12.7. The second kappa shape index (κ2) is 7.68. The number of alkyl halides is 3. The zero-order valence-electron chi connectivity index (χ0n) is 12.4. The molecule has 0 aromatic heterocycles. The second-order valence-corrected chi connectivity index (χ2v) is 6.75. The maximum absolute atomic E-state index is 12.7. The third-order valence-electron chi connectivity index (χ3n) is 3.08. The van der Waals surface area contributed by atoms with Crippen LogP contribution in [0.25, 0.3) is 0 Å². The average molecular weight is 394 g/mol. The summed E-state index contributed by atoms with van der Waals surface area (Å²) in [5, 5.41) is 3.22. The van der Waals surface area contributed by atoms with Crippen LogP contribution in [0.2, 0.25) is 10.0 Å². The summed E-state index contributed by atoms with van der Waals surface area (Å²) >= 11 is 13.1. The van der Waals surface area contributed by atoms with Crippen LogP contribution in [0.3, 0.4) is 0 Å². The summed E-state index contributed by atoms with van der Waals surface area (Å²) in [5.74, 6) is -0.478. The van der Waals surface area contributed by atoms with Gasteiger partial charge >= 0.3 is 6.18 Å². The molecule has 2 aromatic rings. The largest absolute Gasteiger partial charge is 0.416 e. The number of rotatable bonds is 4. The molecule has 2 aromatic carbocycles. The molecule has 0 aliphatic rings. The van der Waals surface area contributed by atoms with Gasteiger partial charge in [0.15, 0.2) is 0 Å². The van der Waals surface area contributed by atoms with Crippen molar-refractivity contribution >= 4 is 46.6 Å². The SMILES string of the molecule is Cc1ccc(Cl)c(NC(=O)CSc2cccc(C(F)(F)F)c2)c1Cl. The number of thioether (sulfide) groups is 1. The third kappa shape index (κ3) is 4.82. The molecular weight excluding hydrogens is 382 g/mol. The molecule has 0 atom stereocenters. The van der Waals surface area contributed by atoms with Crippen LogP contribution in [0.1, 0.15) is 11.1 Å². The number of anilines is 1. The first-order valence-corrected chi connectivity index (χ1v) is 8.47. The van der Waals surface area contributed by atoms with E-state index in [1.54, 1.807) is 19.1 Å². The standard InChI is InChI=1S/C16H12Cl2F3NOS/c1-9-5-6-12(17)15(14(9)18)22-13(23)8-24-11-4-2-3-10(7-11)16(19,20)21/h2-7H,8H2,1H3,(H,22,23). The summed E-state index contributed by atoms with van der Waals surface area (Å²) in [7, 11) is 0. The topological polar surface area (TPSA) is 29.1 Å². The third-order valence-corrected chi connectivity index (χ3v) is 4.88. The molecule has 0 unspecified atom stereocenters. The molecular formula is C16H12Cl2F3NOS. The molecule has 0 fully saturated rings. The maximum Gasteiger partial charge on any atom is 0.416 e. The van der Waals surface area contributed by atoms with Crippen LogP contribution in [0.4, 0.5) is 18.9 Å². The zero-order valence-corrected chi connectivity index (χ0v) is 14.7. The van der Waals surface area contributed by atoms with E-state index in [4.69, 9.17) is 23.2 Å². The van der Waals surface area contributed by atoms with Gasteiger partial charge in [-0.3, -0.25) is 4.79 Å². The van der Waals surface area contributed by atoms with Gasteiger partial charge in [0.1, 0.15) is 0 Å². The molecule has 0 aliphatic carbocycles. The predicted octanol–water partition coefficient (Wildman–Crippen LogP) is 6.05. The van der Waals surface area contributed by atoms with Crippen molar-refractivity contribution in [3.8, 4) is 0 Å². The van der Waals surface area contributed by atoms with Gasteiger partial charge < -0.3 is 5.32 Å². The Morgan fingerprint density at radius 3 is 2.58 bits per heavy atom. The molecule has 8 heteroatoms. The lowest BCUT2D eigenvalue weighted by molar-refractivity contribution is -0.137. The molecule has 0 bridgehead atoms. The summed E-state index contributed by atoms with van der Waals surface area (Å²) in [6, 6.07) is 8.13. The monoisotopic (exact) mass is 393 g/mol. The summed E-state index contributed by atoms with van der Waals surface area (Å²) in [4.78, 5) is 12.4. The van der Waals surface area contributed by atoms with E-state index in [1.165, 1.54) is 12.1 Å². The van der Waals surface area contributed by atoms with Gasteiger partial charge in [-0.15, -0.1) is 11.8 Å². The first-order chi connectivity index (χ1) is 11.2. The van der Waals surface area contributed by atoms with E-state index in [0.717, 1.165) is 29.5 Å². The van der Waals surface area contributed by atoms with Crippen molar-refractivity contribution in [2.75, 3.05) is 11.1 Å². The molecule has 128 valence electrons. The molecule has 1 amide bonds. The fourth-order valence-corrected chi connectivity index (χ4v) is 3.08. The van der Waals surface area contributed by atoms with Crippen molar-refractivity contribution in [3.63, 3.8) is 0 Å². The van der Waals surface area contributed by atoms with E-state index in [0.29, 0.717) is 20.6 Å². The van der Waals surface area contributed by atoms with Crippen LogP contribution in [-0.2, 0) is 11.0 Å². The summed E-state index contributed by atoms with van der Waals surface area (Å²) < 4.78 is 38.0. The van der Waals surface area contributed by atoms with Crippen LogP contribution in [-0.4, -0.2) is 11.7 Å². The van der Waals surface area contributed by atoms with Gasteiger partial charge in [0.05, 0.1) is 27.0 Å². The highest BCUT2D eigenvalue weighted by Gasteiger charge is 2.30. The Bertz CT molecular complexity index is 765. The summed E-state index contributed by atoms with van der Waals surface area (Å²) in [6.07, 6.45) is -4.42. The number of hydrogen-bond acceptors (Lipinski definition) is 2. The second-order valence-electron chi connectivity index (χ2n) is 4.92. The van der Waals surface area contributed by atoms with Crippen molar-refractivity contribution in [1.82, 2.24) is 0 Å². The van der Waals surface area contributed by atoms with Crippen molar-refractivity contribution in [2.24, 2.45) is 0 Å². The molecule has 1 N–H and O–H groups in total. The number of halogens is 5. The fraction of sp³-hybridized carbons (Fsp3) is 0.188. The minimum absolute atomic E-state index is 0.0675. The van der Waals surface area contributed by atoms with E-state index in [-0.39, 0.29) is 5.75 Å². The predicted molar refractivity (Wildman–Crippen MR) is 92.0 cm³/mol. The van der Waals surface area contributed by atoms with E-state index in [1.807, 2.05) is 0 Å². The van der Waals surface area contributed by atoms with Crippen molar-refractivity contribution in [1.29, 1.82) is 0 Å². The molecule has 0 spiro atoms. The Morgan fingerprint density at radius 2 is 1.92 bits per heavy atom. The normalized spacial score (nSPS) is 11.4. The molecule has 0 saturated heterocycles. The number of carbonyl (C=O) groups is 1. The van der Waals surface area contributed by atoms with E-state index < -0.39 is 17.6 Å². The van der Waals surface area contributed by atoms with Gasteiger partial charge in [-0.05, 0) is 36.8 Å². The highest BCUT2D eigenvalue weighted by atomic mass is 35.5. The van der Waals surface area contributed by atoms with Crippen LogP contribution < -0.4 is 5.32 Å². The Balaban J connectivity index is 2.03. The summed E-state index contributed by atoms with van der Waals surface area (Å²) in [6.45, 7) is 1.77. The highest BCUT2D eigenvalue weighted by molar-refractivity contribution is 8.00. The number of amides is 1. The first kappa shape index (κ1) is 19.0. The smallest absolute Gasteiger partial charge is 0.323 e. The van der Waals surface area contributed by atoms with Gasteiger partial charge in [0.2, 0.25) is 5.91 Å². The lowest BCUT2D eigenvalue weighted by Gasteiger charge is -2.11. The summed E-state index contributed by atoms with van der Waals surface area (Å²) in [5.41, 5.74) is 0.299.